The number of amides is 1. The molecule has 254 valence electrons. The molecule has 2 atom stereocenters. The number of aliphatic hydroxyl groups is 1. The number of benzene rings is 1. The second-order valence-electron chi connectivity index (χ2n) is 10.2. The van der Waals surface area contributed by atoms with Gasteiger partial charge in [0.2, 0.25) is 5.91 Å². The highest BCUT2D eigenvalue weighted by molar-refractivity contribution is 6.42. The van der Waals surface area contributed by atoms with Crippen LogP contribution in [0.15, 0.2) is 54.3 Å². The maximum atomic E-state index is 13.4. The molecule has 1 fully saturated rings. The summed E-state index contributed by atoms with van der Waals surface area (Å²) in [7, 11) is 1.75. The van der Waals surface area contributed by atoms with E-state index in [9.17, 15) is 18.0 Å². The first-order chi connectivity index (χ1) is 21.4. The van der Waals surface area contributed by atoms with E-state index >= 15 is 0 Å². The van der Waals surface area contributed by atoms with Crippen LogP contribution in [0.1, 0.15) is 18.9 Å². The third kappa shape index (κ3) is 15.8. The van der Waals surface area contributed by atoms with Crippen molar-refractivity contribution < 1.29 is 46.8 Å². The molecule has 2 rings (SSSR count). The average molecular weight is 684 g/mol. The lowest BCUT2D eigenvalue weighted by molar-refractivity contribution is -0.327. The van der Waals surface area contributed by atoms with Crippen LogP contribution in [0, 0.1) is 0 Å². The molecular weight excluding hydrogens is 640 g/mol. The third-order valence-electron chi connectivity index (χ3n) is 6.84. The van der Waals surface area contributed by atoms with Gasteiger partial charge in [-0.25, -0.2) is 0 Å². The first-order valence-corrected chi connectivity index (χ1v) is 15.4. The number of likely N-dealkylation sites (tertiary alicyclic amines) is 1. The zero-order valence-corrected chi connectivity index (χ0v) is 27.2. The van der Waals surface area contributed by atoms with Crippen LogP contribution < -0.4 is 0 Å². The lowest BCUT2D eigenvalue weighted by Gasteiger charge is -2.32. The largest absolute Gasteiger partial charge is 0.522 e. The van der Waals surface area contributed by atoms with Gasteiger partial charge in [0, 0.05) is 26.7 Å². The summed E-state index contributed by atoms with van der Waals surface area (Å²) in [4.78, 5) is 17.3. The Bertz CT molecular complexity index is 1120. The Kier molecular flexibility index (Phi) is 18.1. The molecule has 0 spiro atoms. The van der Waals surface area contributed by atoms with Crippen molar-refractivity contribution in [2.24, 2.45) is 0 Å². The first-order valence-electron chi connectivity index (χ1n) is 14.6. The Labute approximate surface area is 273 Å². The van der Waals surface area contributed by atoms with Gasteiger partial charge in [0.05, 0.1) is 74.9 Å². The summed E-state index contributed by atoms with van der Waals surface area (Å²) >= 11 is 12.2. The van der Waals surface area contributed by atoms with Crippen molar-refractivity contribution in [3.63, 3.8) is 0 Å². The van der Waals surface area contributed by atoms with E-state index in [0.29, 0.717) is 47.7 Å². The maximum absolute atomic E-state index is 13.4. The number of aliphatic hydroxyl groups excluding tert-OH is 1. The van der Waals surface area contributed by atoms with Crippen LogP contribution in [-0.4, -0.2) is 119 Å². The summed E-state index contributed by atoms with van der Waals surface area (Å²) in [5, 5.41) is 9.88. The van der Waals surface area contributed by atoms with E-state index in [-0.39, 0.29) is 57.5 Å². The van der Waals surface area contributed by atoms with Gasteiger partial charge in [0.25, 0.3) is 0 Å². The molecule has 1 saturated heterocycles. The predicted octanol–water partition coefficient (Wildman–Crippen LogP) is 5.05. The number of hydrogen-bond donors (Lipinski definition) is 1. The van der Waals surface area contributed by atoms with Crippen LogP contribution in [0.3, 0.4) is 0 Å². The monoisotopic (exact) mass is 682 g/mol. The van der Waals surface area contributed by atoms with Gasteiger partial charge >= 0.3 is 6.36 Å². The lowest BCUT2D eigenvalue weighted by atomic mass is 10.0. The van der Waals surface area contributed by atoms with E-state index in [0.717, 1.165) is 18.5 Å². The molecule has 45 heavy (non-hydrogen) atoms. The van der Waals surface area contributed by atoms with Gasteiger partial charge in [0.1, 0.15) is 12.4 Å². The number of rotatable bonds is 21. The average Bonchev–Trinajstić information content (AvgIpc) is 3.45. The molecule has 0 aliphatic carbocycles. The fraction of sp³-hybridized carbons (Fsp3) is 0.581. The van der Waals surface area contributed by atoms with Gasteiger partial charge in [-0.3, -0.25) is 14.4 Å². The second kappa shape index (κ2) is 20.9. The Morgan fingerprint density at radius 2 is 1.80 bits per heavy atom. The Balaban J connectivity index is 1.89. The van der Waals surface area contributed by atoms with Gasteiger partial charge in [-0.05, 0) is 48.8 Å². The molecule has 1 N–H and O–H groups in total. The quantitative estimate of drug-likeness (QED) is 0.110. The highest BCUT2D eigenvalue weighted by atomic mass is 35.5. The predicted molar refractivity (Wildman–Crippen MR) is 166 cm³/mol. The van der Waals surface area contributed by atoms with E-state index in [1.54, 1.807) is 42.3 Å². The molecule has 1 aromatic carbocycles. The summed E-state index contributed by atoms with van der Waals surface area (Å²) < 4.78 is 61.4. The van der Waals surface area contributed by atoms with Crippen LogP contribution in [0.2, 0.25) is 10.0 Å². The van der Waals surface area contributed by atoms with Crippen LogP contribution in [0.5, 0.6) is 0 Å². The minimum Gasteiger partial charge on any atom is -0.492 e. The first kappa shape index (κ1) is 39.0. The fourth-order valence-electron chi connectivity index (χ4n) is 4.46. The summed E-state index contributed by atoms with van der Waals surface area (Å²) in [6.07, 6.45) is 1.61. The number of alkyl halides is 3. The molecule has 1 aromatic rings. The summed E-state index contributed by atoms with van der Waals surface area (Å²) in [6.45, 7) is 8.41. The van der Waals surface area contributed by atoms with Crippen molar-refractivity contribution in [3.8, 4) is 0 Å². The highest BCUT2D eigenvalue weighted by Crippen LogP contribution is 2.24. The molecule has 1 aliphatic heterocycles. The molecule has 0 radical (unpaired) electrons. The van der Waals surface area contributed by atoms with E-state index < -0.39 is 13.0 Å². The second-order valence-corrected chi connectivity index (χ2v) is 11.0. The summed E-state index contributed by atoms with van der Waals surface area (Å²) in [6, 6.07) is 4.77. The zero-order chi connectivity index (χ0) is 33.2. The standard InChI is InChI=1S/C31H43Cl2F3N2O7/c1-4-25(43-12-11-39)7-5-23(2)29(37(3)30(40)20-24-6-8-27(32)28(33)19-24)22-38-10-9-26(21-38)44-17-15-41-13-14-42-16-18-45-31(34,35)36/h4-8,19,26,29,39H,2,9-18,20-22H2,1,3H3/b7-5-,25-4+/t26-,29+/m0/s1. The van der Waals surface area contributed by atoms with Crippen molar-refractivity contribution in [3.05, 3.63) is 69.9 Å². The number of hydrogen-bond acceptors (Lipinski definition) is 8. The lowest BCUT2D eigenvalue weighted by Crippen LogP contribution is -2.46. The minimum atomic E-state index is -4.66. The van der Waals surface area contributed by atoms with Crippen molar-refractivity contribution >= 4 is 29.1 Å². The maximum Gasteiger partial charge on any atom is 0.522 e. The van der Waals surface area contributed by atoms with Crippen LogP contribution in [0.25, 0.3) is 0 Å². The molecule has 0 bridgehead atoms. The summed E-state index contributed by atoms with van der Waals surface area (Å²) in [5.41, 5.74) is 1.45. The fourth-order valence-corrected chi connectivity index (χ4v) is 4.78. The van der Waals surface area contributed by atoms with Crippen molar-refractivity contribution in [2.45, 2.75) is 38.3 Å². The zero-order valence-electron chi connectivity index (χ0n) is 25.7. The Morgan fingerprint density at radius 3 is 2.44 bits per heavy atom. The van der Waals surface area contributed by atoms with Crippen LogP contribution in [-0.2, 0) is 34.9 Å². The van der Waals surface area contributed by atoms with E-state index in [4.69, 9.17) is 47.3 Å². The highest BCUT2D eigenvalue weighted by Gasteiger charge is 2.30. The van der Waals surface area contributed by atoms with Crippen molar-refractivity contribution in [2.75, 3.05) is 79.5 Å². The van der Waals surface area contributed by atoms with Gasteiger partial charge < -0.3 is 29.0 Å². The molecule has 1 heterocycles. The molecule has 0 unspecified atom stereocenters. The van der Waals surface area contributed by atoms with Gasteiger partial charge in [0.15, 0.2) is 0 Å². The molecule has 9 nitrogen and oxygen atoms in total. The van der Waals surface area contributed by atoms with Gasteiger partial charge in [-0.1, -0.05) is 41.9 Å². The smallest absolute Gasteiger partial charge is 0.492 e. The number of likely N-dealkylation sites (N-methyl/N-ethyl adjacent to an activating group) is 1. The van der Waals surface area contributed by atoms with Gasteiger partial charge in [-0.15, -0.1) is 13.2 Å². The number of nitrogens with zero attached hydrogens (tertiary/aromatic N) is 2. The summed E-state index contributed by atoms with van der Waals surface area (Å²) in [5.74, 6) is 0.462. The normalized spacial score (nSPS) is 16.8. The SMILES string of the molecule is C=C(/C=C\C(=C/C)OCCO)[C@@H](CN1CC[C@H](OCCOCCOCCOC(F)(F)F)C1)N(C)C(=O)Cc1ccc(Cl)c(Cl)c1. The number of carbonyl (C=O) groups is 1. The molecule has 14 heteroatoms. The van der Waals surface area contributed by atoms with Crippen LogP contribution >= 0.6 is 23.2 Å². The van der Waals surface area contributed by atoms with Gasteiger partial charge in [-0.2, -0.15) is 0 Å². The Hall–Kier alpha value is -2.16. The molecule has 1 amide bonds. The van der Waals surface area contributed by atoms with Crippen molar-refractivity contribution in [1.29, 1.82) is 0 Å². The van der Waals surface area contributed by atoms with E-state index in [2.05, 4.69) is 16.2 Å². The third-order valence-corrected chi connectivity index (χ3v) is 7.58. The number of halogens is 5. The molecule has 0 saturated carbocycles. The molecule has 0 aromatic heterocycles. The van der Waals surface area contributed by atoms with E-state index in [1.165, 1.54) is 0 Å². The minimum absolute atomic E-state index is 0.0208. The Morgan fingerprint density at radius 1 is 1.11 bits per heavy atom. The number of carbonyl (C=O) groups excluding carboxylic acids is 1. The molecule has 1 aliphatic rings. The number of allylic oxidation sites excluding steroid dienone is 2. The topological polar surface area (TPSA) is 89.9 Å². The molecular formula is C31H43Cl2F3N2O7. The van der Waals surface area contributed by atoms with Crippen molar-refractivity contribution in [1.82, 2.24) is 9.80 Å². The van der Waals surface area contributed by atoms with E-state index in [1.807, 2.05) is 13.0 Å². The van der Waals surface area contributed by atoms with Crippen LogP contribution in [0.4, 0.5) is 13.2 Å². The number of ether oxygens (including phenoxy) is 5.